The summed E-state index contributed by atoms with van der Waals surface area (Å²) in [6, 6.07) is 8.29. The molecular weight excluding hydrogens is 264 g/mol. The van der Waals surface area contributed by atoms with Crippen molar-refractivity contribution in [3.05, 3.63) is 35.4 Å². The van der Waals surface area contributed by atoms with Gasteiger partial charge in [-0.05, 0) is 49.9 Å². The number of rotatable bonds is 3. The molecule has 21 heavy (non-hydrogen) atoms. The highest BCUT2D eigenvalue weighted by Gasteiger charge is 2.32. The van der Waals surface area contributed by atoms with Crippen LogP contribution in [0.4, 0.5) is 0 Å². The van der Waals surface area contributed by atoms with Gasteiger partial charge in [-0.15, -0.1) is 0 Å². The Balaban J connectivity index is 1.66. The van der Waals surface area contributed by atoms with Crippen molar-refractivity contribution in [1.82, 2.24) is 10.2 Å². The van der Waals surface area contributed by atoms with Gasteiger partial charge in [-0.1, -0.05) is 24.3 Å². The fraction of sp³-hybridized carbons (Fsp3) is 0.588. The number of ether oxygens (including phenoxy) is 1. The lowest BCUT2D eigenvalue weighted by molar-refractivity contribution is -0.153. The number of nitrogens with zero attached hydrogens (tertiary/aromatic N) is 1. The Morgan fingerprint density at radius 1 is 1.29 bits per heavy atom. The van der Waals surface area contributed by atoms with Gasteiger partial charge < -0.3 is 15.0 Å². The number of piperidine rings is 1. The van der Waals surface area contributed by atoms with Crippen LogP contribution < -0.4 is 5.32 Å². The van der Waals surface area contributed by atoms with Crippen LogP contribution in [0, 0.1) is 12.8 Å². The summed E-state index contributed by atoms with van der Waals surface area (Å²) in [6.45, 7) is 5.91. The maximum atomic E-state index is 12.1. The third kappa shape index (κ3) is 3.44. The van der Waals surface area contributed by atoms with Crippen molar-refractivity contribution in [2.24, 2.45) is 5.92 Å². The highest BCUT2D eigenvalue weighted by atomic mass is 16.5. The highest BCUT2D eigenvalue weighted by molar-refractivity contribution is 5.78. The van der Waals surface area contributed by atoms with E-state index in [1.54, 1.807) is 0 Å². The Morgan fingerprint density at radius 2 is 2.05 bits per heavy atom. The SMILES string of the molecule is Cc1ccccc1CN1CC(C2CCNCC2)OCC1=O. The fourth-order valence-electron chi connectivity index (χ4n) is 3.29. The summed E-state index contributed by atoms with van der Waals surface area (Å²) in [5.74, 6) is 0.696. The Morgan fingerprint density at radius 3 is 2.81 bits per heavy atom. The number of carbonyl (C=O) groups is 1. The Hall–Kier alpha value is -1.39. The van der Waals surface area contributed by atoms with Gasteiger partial charge in [-0.3, -0.25) is 4.79 Å². The Bertz CT molecular complexity index is 497. The van der Waals surface area contributed by atoms with Crippen molar-refractivity contribution < 1.29 is 9.53 Å². The summed E-state index contributed by atoms with van der Waals surface area (Å²) >= 11 is 0. The molecule has 4 heteroatoms. The number of hydrogen-bond acceptors (Lipinski definition) is 3. The zero-order valence-corrected chi connectivity index (χ0v) is 12.7. The minimum absolute atomic E-state index is 0.114. The Kier molecular flexibility index (Phi) is 4.56. The van der Waals surface area contributed by atoms with Gasteiger partial charge in [0.2, 0.25) is 5.91 Å². The number of nitrogens with one attached hydrogen (secondary N) is 1. The van der Waals surface area contributed by atoms with Crippen molar-refractivity contribution in [2.75, 3.05) is 26.2 Å². The van der Waals surface area contributed by atoms with E-state index in [1.807, 2.05) is 17.0 Å². The third-order valence-corrected chi connectivity index (χ3v) is 4.71. The molecule has 1 amide bonds. The molecule has 114 valence electrons. The van der Waals surface area contributed by atoms with Crippen LogP contribution in [0.25, 0.3) is 0 Å². The van der Waals surface area contributed by atoms with Gasteiger partial charge >= 0.3 is 0 Å². The molecule has 0 bridgehead atoms. The van der Waals surface area contributed by atoms with Crippen LogP contribution in [0.5, 0.6) is 0 Å². The lowest BCUT2D eigenvalue weighted by atomic mass is 9.91. The minimum atomic E-state index is 0.114. The molecular formula is C17H24N2O2. The van der Waals surface area contributed by atoms with E-state index in [2.05, 4.69) is 24.4 Å². The second kappa shape index (κ2) is 6.58. The quantitative estimate of drug-likeness (QED) is 0.921. The molecule has 0 saturated carbocycles. The fourth-order valence-corrected chi connectivity index (χ4v) is 3.29. The van der Waals surface area contributed by atoms with Crippen LogP contribution in [0.15, 0.2) is 24.3 Å². The maximum Gasteiger partial charge on any atom is 0.248 e. The molecule has 1 atom stereocenters. The number of aryl methyl sites for hydroxylation is 1. The van der Waals surface area contributed by atoms with Crippen LogP contribution in [0.3, 0.4) is 0 Å². The number of benzene rings is 1. The molecule has 0 aromatic heterocycles. The van der Waals surface area contributed by atoms with E-state index in [0.717, 1.165) is 32.5 Å². The molecule has 2 heterocycles. The second-order valence-electron chi connectivity index (χ2n) is 6.14. The number of amides is 1. The zero-order chi connectivity index (χ0) is 14.7. The first-order chi connectivity index (χ1) is 10.2. The molecule has 3 rings (SSSR count). The molecule has 4 nitrogen and oxygen atoms in total. The number of morpholine rings is 1. The molecule has 1 unspecified atom stereocenters. The van der Waals surface area contributed by atoms with Crippen LogP contribution in [0.1, 0.15) is 24.0 Å². The molecule has 0 radical (unpaired) electrons. The van der Waals surface area contributed by atoms with E-state index in [-0.39, 0.29) is 18.6 Å². The van der Waals surface area contributed by atoms with Gasteiger partial charge in [-0.2, -0.15) is 0 Å². The Labute approximate surface area is 126 Å². The van der Waals surface area contributed by atoms with Crippen LogP contribution in [0.2, 0.25) is 0 Å². The summed E-state index contributed by atoms with van der Waals surface area (Å²) in [4.78, 5) is 14.1. The van der Waals surface area contributed by atoms with Crippen molar-refractivity contribution in [3.63, 3.8) is 0 Å². The average molecular weight is 288 g/mol. The molecule has 1 N–H and O–H groups in total. The zero-order valence-electron chi connectivity index (χ0n) is 12.7. The van der Waals surface area contributed by atoms with Gasteiger partial charge in [-0.25, -0.2) is 0 Å². The molecule has 2 saturated heterocycles. The van der Waals surface area contributed by atoms with Gasteiger partial charge in [0.1, 0.15) is 6.61 Å². The van der Waals surface area contributed by atoms with E-state index in [4.69, 9.17) is 4.74 Å². The van der Waals surface area contributed by atoms with E-state index >= 15 is 0 Å². The predicted octanol–water partition coefficient (Wildman–Crippen LogP) is 1.72. The summed E-state index contributed by atoms with van der Waals surface area (Å²) in [7, 11) is 0. The van der Waals surface area contributed by atoms with Crippen molar-refractivity contribution in [2.45, 2.75) is 32.4 Å². The monoisotopic (exact) mass is 288 g/mol. The first-order valence-electron chi connectivity index (χ1n) is 7.88. The molecule has 1 aromatic carbocycles. The van der Waals surface area contributed by atoms with Crippen molar-refractivity contribution in [3.8, 4) is 0 Å². The average Bonchev–Trinajstić information content (AvgIpc) is 2.52. The van der Waals surface area contributed by atoms with Crippen LogP contribution in [-0.4, -0.2) is 43.2 Å². The van der Waals surface area contributed by atoms with E-state index < -0.39 is 0 Å². The maximum absolute atomic E-state index is 12.1. The minimum Gasteiger partial charge on any atom is -0.366 e. The summed E-state index contributed by atoms with van der Waals surface area (Å²) in [5.41, 5.74) is 2.48. The molecule has 0 aliphatic carbocycles. The lowest BCUT2D eigenvalue weighted by Gasteiger charge is -2.38. The normalized spacial score (nSPS) is 24.3. The topological polar surface area (TPSA) is 41.6 Å². The first-order valence-corrected chi connectivity index (χ1v) is 7.88. The van der Waals surface area contributed by atoms with Crippen LogP contribution >= 0.6 is 0 Å². The number of carbonyl (C=O) groups excluding carboxylic acids is 1. The molecule has 2 fully saturated rings. The third-order valence-electron chi connectivity index (χ3n) is 4.71. The summed E-state index contributed by atoms with van der Waals surface area (Å²) in [6.07, 6.45) is 2.50. The molecule has 0 spiro atoms. The van der Waals surface area contributed by atoms with Crippen molar-refractivity contribution >= 4 is 5.91 Å². The molecule has 2 aliphatic rings. The standard InChI is InChI=1S/C17H24N2O2/c1-13-4-2-3-5-15(13)10-19-11-16(21-12-17(19)20)14-6-8-18-9-7-14/h2-5,14,16,18H,6-12H2,1H3. The van der Waals surface area contributed by atoms with Gasteiger partial charge in [0.15, 0.2) is 0 Å². The summed E-state index contributed by atoms with van der Waals surface area (Å²) < 4.78 is 5.81. The first kappa shape index (κ1) is 14.5. The summed E-state index contributed by atoms with van der Waals surface area (Å²) in [5, 5.41) is 3.38. The van der Waals surface area contributed by atoms with Crippen LogP contribution in [-0.2, 0) is 16.1 Å². The lowest BCUT2D eigenvalue weighted by Crippen LogP contribution is -2.50. The van der Waals surface area contributed by atoms with E-state index in [1.165, 1.54) is 11.1 Å². The van der Waals surface area contributed by atoms with Gasteiger partial charge in [0.05, 0.1) is 6.10 Å². The van der Waals surface area contributed by atoms with Gasteiger partial charge in [0, 0.05) is 13.1 Å². The highest BCUT2D eigenvalue weighted by Crippen LogP contribution is 2.24. The largest absolute Gasteiger partial charge is 0.366 e. The second-order valence-corrected chi connectivity index (χ2v) is 6.14. The number of hydrogen-bond donors (Lipinski definition) is 1. The molecule has 1 aromatic rings. The van der Waals surface area contributed by atoms with E-state index in [9.17, 15) is 4.79 Å². The predicted molar refractivity (Wildman–Crippen MR) is 81.9 cm³/mol. The van der Waals surface area contributed by atoms with Gasteiger partial charge in [0.25, 0.3) is 0 Å². The van der Waals surface area contributed by atoms with Crippen molar-refractivity contribution in [1.29, 1.82) is 0 Å². The molecule has 2 aliphatic heterocycles. The smallest absolute Gasteiger partial charge is 0.248 e. The van der Waals surface area contributed by atoms with E-state index in [0.29, 0.717) is 12.5 Å².